The van der Waals surface area contributed by atoms with Gasteiger partial charge in [0.25, 0.3) is 5.91 Å². The zero-order valence-electron chi connectivity index (χ0n) is 16.9. The van der Waals surface area contributed by atoms with Gasteiger partial charge in [-0.25, -0.2) is 9.59 Å². The molecule has 0 fully saturated rings. The van der Waals surface area contributed by atoms with E-state index in [1.165, 1.54) is 6.92 Å². The number of benzene rings is 1. The molecule has 154 valence electrons. The lowest BCUT2D eigenvalue weighted by molar-refractivity contribution is -0.158. The summed E-state index contributed by atoms with van der Waals surface area (Å²) in [5.41, 5.74) is 0.819. The van der Waals surface area contributed by atoms with Crippen LogP contribution in [0.3, 0.4) is 0 Å². The summed E-state index contributed by atoms with van der Waals surface area (Å²) in [5.74, 6) is -2.05. The molecule has 0 radical (unpaired) electrons. The fourth-order valence-electron chi connectivity index (χ4n) is 2.32. The molecule has 0 heterocycles. The third-order valence-corrected chi connectivity index (χ3v) is 3.76. The highest BCUT2D eigenvalue weighted by Crippen LogP contribution is 2.08. The minimum absolute atomic E-state index is 0.128. The Labute approximate surface area is 165 Å². The van der Waals surface area contributed by atoms with E-state index in [1.807, 2.05) is 30.3 Å². The average Bonchev–Trinajstić information content (AvgIpc) is 2.59. The van der Waals surface area contributed by atoms with Crippen molar-refractivity contribution in [2.75, 3.05) is 0 Å². The van der Waals surface area contributed by atoms with Crippen LogP contribution in [0.4, 0.5) is 4.79 Å². The maximum absolute atomic E-state index is 12.4. The molecule has 1 aromatic rings. The van der Waals surface area contributed by atoms with Gasteiger partial charge in [0.1, 0.15) is 6.04 Å². The van der Waals surface area contributed by atoms with Gasteiger partial charge in [0, 0.05) is 6.04 Å². The van der Waals surface area contributed by atoms with Crippen molar-refractivity contribution in [1.29, 1.82) is 0 Å². The predicted octanol–water partition coefficient (Wildman–Crippen LogP) is 1.54. The Balaban J connectivity index is 2.62. The second-order valence-electron chi connectivity index (χ2n) is 7.15. The third kappa shape index (κ3) is 8.20. The SMILES string of the molecule is CC(C)NC(=O)NC(=O)[C@@H](C)OC(=O)[C@@H](NC(=O)Cc1ccccc1)C(C)C. The molecule has 8 heteroatoms. The van der Waals surface area contributed by atoms with E-state index >= 15 is 0 Å². The normalized spacial score (nSPS) is 12.8. The molecule has 0 saturated carbocycles. The molecule has 0 unspecified atom stereocenters. The fourth-order valence-corrected chi connectivity index (χ4v) is 2.32. The minimum atomic E-state index is -1.18. The van der Waals surface area contributed by atoms with Crippen LogP contribution in [0.15, 0.2) is 30.3 Å². The molecule has 0 aliphatic heterocycles. The molecular formula is C20H29N3O5. The van der Waals surface area contributed by atoms with Gasteiger partial charge in [-0.2, -0.15) is 0 Å². The highest BCUT2D eigenvalue weighted by atomic mass is 16.5. The molecule has 4 amide bonds. The number of amides is 4. The maximum Gasteiger partial charge on any atom is 0.329 e. The van der Waals surface area contributed by atoms with Crippen molar-refractivity contribution >= 4 is 23.8 Å². The number of carbonyl (C=O) groups excluding carboxylic acids is 4. The quantitative estimate of drug-likeness (QED) is 0.582. The molecule has 0 bridgehead atoms. The van der Waals surface area contributed by atoms with Gasteiger partial charge in [-0.3, -0.25) is 14.9 Å². The Morgan fingerprint density at radius 1 is 0.929 bits per heavy atom. The second-order valence-corrected chi connectivity index (χ2v) is 7.15. The molecule has 1 aromatic carbocycles. The number of imide groups is 1. The zero-order chi connectivity index (χ0) is 21.3. The Morgan fingerprint density at radius 2 is 1.54 bits per heavy atom. The number of rotatable bonds is 8. The first kappa shape index (κ1) is 23.1. The highest BCUT2D eigenvalue weighted by Gasteiger charge is 2.29. The third-order valence-electron chi connectivity index (χ3n) is 3.76. The van der Waals surface area contributed by atoms with Crippen molar-refractivity contribution in [2.45, 2.75) is 59.2 Å². The van der Waals surface area contributed by atoms with E-state index in [0.29, 0.717) is 0 Å². The molecule has 0 spiro atoms. The standard InChI is InChI=1S/C20H29N3O5/c1-12(2)17(22-16(24)11-15-9-7-6-8-10-15)19(26)28-14(5)18(25)23-20(27)21-13(3)4/h6-10,12-14,17H,11H2,1-5H3,(H,22,24)(H2,21,23,25,27)/t14-,17+/m1/s1. The lowest BCUT2D eigenvalue weighted by Gasteiger charge is -2.23. The van der Waals surface area contributed by atoms with Gasteiger partial charge in [-0.15, -0.1) is 0 Å². The van der Waals surface area contributed by atoms with Gasteiger partial charge < -0.3 is 15.4 Å². The monoisotopic (exact) mass is 391 g/mol. The van der Waals surface area contributed by atoms with Gasteiger partial charge in [-0.1, -0.05) is 44.2 Å². The minimum Gasteiger partial charge on any atom is -0.451 e. The van der Waals surface area contributed by atoms with Crippen LogP contribution in [-0.4, -0.2) is 42.0 Å². The summed E-state index contributed by atoms with van der Waals surface area (Å²) < 4.78 is 5.15. The molecule has 8 nitrogen and oxygen atoms in total. The first-order chi connectivity index (χ1) is 13.1. The number of hydrogen-bond acceptors (Lipinski definition) is 5. The smallest absolute Gasteiger partial charge is 0.329 e. The van der Waals surface area contributed by atoms with Crippen LogP contribution in [0.1, 0.15) is 40.2 Å². The highest BCUT2D eigenvalue weighted by molar-refractivity contribution is 5.97. The first-order valence-corrected chi connectivity index (χ1v) is 9.25. The number of hydrogen-bond donors (Lipinski definition) is 3. The second kappa shape index (κ2) is 11.1. The molecule has 3 N–H and O–H groups in total. The van der Waals surface area contributed by atoms with Crippen LogP contribution in [-0.2, 0) is 25.5 Å². The van der Waals surface area contributed by atoms with Gasteiger partial charge in [0.05, 0.1) is 6.42 Å². The molecule has 2 atom stereocenters. The van der Waals surface area contributed by atoms with E-state index in [0.717, 1.165) is 5.56 Å². The van der Waals surface area contributed by atoms with E-state index in [4.69, 9.17) is 4.74 Å². The predicted molar refractivity (Wildman–Crippen MR) is 104 cm³/mol. The van der Waals surface area contributed by atoms with Crippen LogP contribution >= 0.6 is 0 Å². The van der Waals surface area contributed by atoms with E-state index < -0.39 is 30.1 Å². The topological polar surface area (TPSA) is 114 Å². The Hall–Kier alpha value is -2.90. The van der Waals surface area contributed by atoms with E-state index in [9.17, 15) is 19.2 Å². The Morgan fingerprint density at radius 3 is 2.07 bits per heavy atom. The van der Waals surface area contributed by atoms with Crippen molar-refractivity contribution in [2.24, 2.45) is 5.92 Å². The van der Waals surface area contributed by atoms with Crippen molar-refractivity contribution in [3.63, 3.8) is 0 Å². The number of ether oxygens (including phenoxy) is 1. The van der Waals surface area contributed by atoms with Gasteiger partial charge >= 0.3 is 12.0 Å². The number of esters is 1. The largest absolute Gasteiger partial charge is 0.451 e. The number of urea groups is 1. The lowest BCUT2D eigenvalue weighted by atomic mass is 10.0. The summed E-state index contributed by atoms with van der Waals surface area (Å²) in [4.78, 5) is 48.2. The van der Waals surface area contributed by atoms with Crippen LogP contribution in [0.2, 0.25) is 0 Å². The van der Waals surface area contributed by atoms with Crippen LogP contribution < -0.4 is 16.0 Å². The molecule has 0 aliphatic rings. The van der Waals surface area contributed by atoms with E-state index in [1.54, 1.807) is 27.7 Å². The zero-order valence-corrected chi connectivity index (χ0v) is 16.9. The van der Waals surface area contributed by atoms with Crippen molar-refractivity contribution in [3.05, 3.63) is 35.9 Å². The number of carbonyl (C=O) groups is 4. The summed E-state index contributed by atoms with van der Waals surface area (Å²) in [6.07, 6.45) is -1.05. The van der Waals surface area contributed by atoms with E-state index in [-0.39, 0.29) is 24.3 Å². The Kier molecular flexibility index (Phi) is 9.14. The first-order valence-electron chi connectivity index (χ1n) is 9.25. The van der Waals surface area contributed by atoms with Gasteiger partial charge in [-0.05, 0) is 32.3 Å². The van der Waals surface area contributed by atoms with Crippen LogP contribution in [0.25, 0.3) is 0 Å². The van der Waals surface area contributed by atoms with Gasteiger partial charge in [0.15, 0.2) is 6.10 Å². The Bertz CT molecular complexity index is 688. The molecule has 0 aliphatic carbocycles. The molecule has 28 heavy (non-hydrogen) atoms. The molecular weight excluding hydrogens is 362 g/mol. The fraction of sp³-hybridized carbons (Fsp3) is 0.500. The summed E-state index contributed by atoms with van der Waals surface area (Å²) in [6.45, 7) is 8.38. The van der Waals surface area contributed by atoms with Crippen molar-refractivity contribution in [3.8, 4) is 0 Å². The summed E-state index contributed by atoms with van der Waals surface area (Å²) >= 11 is 0. The summed E-state index contributed by atoms with van der Waals surface area (Å²) in [5, 5.41) is 7.26. The van der Waals surface area contributed by atoms with Crippen LogP contribution in [0.5, 0.6) is 0 Å². The lowest BCUT2D eigenvalue weighted by Crippen LogP contribution is -2.50. The maximum atomic E-state index is 12.4. The van der Waals surface area contributed by atoms with Crippen molar-refractivity contribution in [1.82, 2.24) is 16.0 Å². The molecule has 0 aromatic heterocycles. The summed E-state index contributed by atoms with van der Waals surface area (Å²) in [6, 6.07) is 7.42. The molecule has 0 saturated heterocycles. The molecule has 1 rings (SSSR count). The average molecular weight is 391 g/mol. The van der Waals surface area contributed by atoms with Crippen molar-refractivity contribution < 1.29 is 23.9 Å². The number of nitrogens with one attached hydrogen (secondary N) is 3. The van der Waals surface area contributed by atoms with Gasteiger partial charge in [0.2, 0.25) is 5.91 Å². The summed E-state index contributed by atoms with van der Waals surface area (Å²) in [7, 11) is 0. The van der Waals surface area contributed by atoms with E-state index in [2.05, 4.69) is 16.0 Å². The van der Waals surface area contributed by atoms with Crippen LogP contribution in [0, 0.1) is 5.92 Å².